The Hall–Kier alpha value is -3.14. The van der Waals surface area contributed by atoms with Gasteiger partial charge in [0.25, 0.3) is 0 Å². The van der Waals surface area contributed by atoms with Crippen LogP contribution in [0.5, 0.6) is 0 Å². The van der Waals surface area contributed by atoms with Crippen LogP contribution in [0.25, 0.3) is 5.65 Å². The molecule has 1 aliphatic heterocycles. The SMILES string of the molecule is O=C(Nc1nc2cccc(N3CCN(Cc4ccc(C(F)(F)F)cc4)CC3)n2n1)C1CC1. The van der Waals surface area contributed by atoms with Crippen molar-refractivity contribution in [3.63, 3.8) is 0 Å². The predicted octanol–water partition coefficient (Wildman–Crippen LogP) is 3.42. The molecule has 1 aliphatic carbocycles. The summed E-state index contributed by atoms with van der Waals surface area (Å²) < 4.78 is 40.0. The summed E-state index contributed by atoms with van der Waals surface area (Å²) in [5.41, 5.74) is 0.904. The van der Waals surface area contributed by atoms with Crippen LogP contribution in [-0.4, -0.2) is 51.6 Å². The highest BCUT2D eigenvalue weighted by atomic mass is 19.4. The second-order valence-electron chi connectivity index (χ2n) is 8.31. The molecule has 32 heavy (non-hydrogen) atoms. The number of nitrogens with one attached hydrogen (secondary N) is 1. The number of nitrogens with zero attached hydrogens (tertiary/aromatic N) is 5. The number of pyridine rings is 1. The van der Waals surface area contributed by atoms with E-state index < -0.39 is 11.7 Å². The molecule has 10 heteroatoms. The van der Waals surface area contributed by atoms with Gasteiger partial charge in [-0.3, -0.25) is 15.0 Å². The van der Waals surface area contributed by atoms with Gasteiger partial charge in [0, 0.05) is 38.6 Å². The Bertz CT molecular complexity index is 1110. The maximum absolute atomic E-state index is 12.7. The van der Waals surface area contributed by atoms with Crippen molar-refractivity contribution in [3.05, 3.63) is 53.6 Å². The molecule has 0 atom stereocenters. The summed E-state index contributed by atoms with van der Waals surface area (Å²) in [5, 5.41) is 7.27. The maximum Gasteiger partial charge on any atom is 0.416 e. The minimum absolute atomic E-state index is 0.0284. The van der Waals surface area contributed by atoms with Crippen LogP contribution in [0.1, 0.15) is 24.0 Å². The van der Waals surface area contributed by atoms with Gasteiger partial charge < -0.3 is 4.90 Å². The van der Waals surface area contributed by atoms with Crippen molar-refractivity contribution in [3.8, 4) is 0 Å². The molecule has 168 valence electrons. The van der Waals surface area contributed by atoms with Gasteiger partial charge in [-0.1, -0.05) is 18.2 Å². The number of amides is 1. The highest BCUT2D eigenvalue weighted by molar-refractivity contribution is 5.92. The van der Waals surface area contributed by atoms with Crippen molar-refractivity contribution < 1.29 is 18.0 Å². The number of alkyl halides is 3. The van der Waals surface area contributed by atoms with E-state index in [1.165, 1.54) is 0 Å². The van der Waals surface area contributed by atoms with Gasteiger partial charge in [0.05, 0.1) is 5.56 Å². The Balaban J connectivity index is 1.23. The normalized spacial score (nSPS) is 17.7. The number of carbonyl (C=O) groups excluding carboxylic acids is 1. The first-order chi connectivity index (χ1) is 15.4. The molecular formula is C22H23F3N6O. The van der Waals surface area contributed by atoms with Crippen molar-refractivity contribution in [2.24, 2.45) is 5.92 Å². The highest BCUT2D eigenvalue weighted by Crippen LogP contribution is 2.30. The Labute approximate surface area is 182 Å². The lowest BCUT2D eigenvalue weighted by Gasteiger charge is -2.36. The van der Waals surface area contributed by atoms with Gasteiger partial charge in [-0.25, -0.2) is 0 Å². The average Bonchev–Trinajstić information content (AvgIpc) is 3.54. The zero-order chi connectivity index (χ0) is 22.3. The molecule has 1 N–H and O–H groups in total. The summed E-state index contributed by atoms with van der Waals surface area (Å²) in [7, 11) is 0. The Morgan fingerprint density at radius 3 is 2.41 bits per heavy atom. The molecule has 0 unspecified atom stereocenters. The van der Waals surface area contributed by atoms with E-state index in [9.17, 15) is 18.0 Å². The van der Waals surface area contributed by atoms with E-state index in [-0.39, 0.29) is 11.8 Å². The van der Waals surface area contributed by atoms with Gasteiger partial charge in [0.2, 0.25) is 11.9 Å². The lowest BCUT2D eigenvalue weighted by molar-refractivity contribution is -0.137. The zero-order valence-corrected chi connectivity index (χ0v) is 17.3. The van der Waals surface area contributed by atoms with Crippen LogP contribution < -0.4 is 10.2 Å². The van der Waals surface area contributed by atoms with Crippen molar-refractivity contribution in [1.29, 1.82) is 0 Å². The monoisotopic (exact) mass is 444 g/mol. The number of carbonyl (C=O) groups is 1. The lowest BCUT2D eigenvalue weighted by Crippen LogP contribution is -2.46. The lowest BCUT2D eigenvalue weighted by atomic mass is 10.1. The molecule has 1 aromatic carbocycles. The predicted molar refractivity (Wildman–Crippen MR) is 113 cm³/mol. The second-order valence-corrected chi connectivity index (χ2v) is 8.31. The Morgan fingerprint density at radius 2 is 1.75 bits per heavy atom. The Kier molecular flexibility index (Phi) is 5.24. The van der Waals surface area contributed by atoms with Crippen molar-refractivity contribution in [2.75, 3.05) is 36.4 Å². The van der Waals surface area contributed by atoms with E-state index >= 15 is 0 Å². The minimum atomic E-state index is -4.31. The molecule has 0 bridgehead atoms. The highest BCUT2D eigenvalue weighted by Gasteiger charge is 2.31. The third-order valence-electron chi connectivity index (χ3n) is 5.91. The third-order valence-corrected chi connectivity index (χ3v) is 5.91. The molecular weight excluding hydrogens is 421 g/mol. The van der Waals surface area contributed by atoms with E-state index in [1.807, 2.05) is 18.2 Å². The van der Waals surface area contributed by atoms with Gasteiger partial charge in [-0.15, -0.1) is 5.10 Å². The second kappa shape index (κ2) is 8.09. The third kappa shape index (κ3) is 4.40. The van der Waals surface area contributed by atoms with Gasteiger partial charge in [0.15, 0.2) is 5.65 Å². The fraction of sp³-hybridized carbons (Fsp3) is 0.409. The largest absolute Gasteiger partial charge is 0.416 e. The van der Waals surface area contributed by atoms with E-state index in [1.54, 1.807) is 16.6 Å². The average molecular weight is 444 g/mol. The number of halogens is 3. The molecule has 1 saturated carbocycles. The first-order valence-corrected chi connectivity index (χ1v) is 10.7. The Morgan fingerprint density at radius 1 is 1.03 bits per heavy atom. The van der Waals surface area contributed by atoms with E-state index in [0.717, 1.165) is 62.5 Å². The molecule has 2 aromatic heterocycles. The maximum atomic E-state index is 12.7. The molecule has 2 aliphatic rings. The molecule has 2 fully saturated rings. The number of anilines is 2. The first kappa shape index (κ1) is 20.7. The number of benzene rings is 1. The first-order valence-electron chi connectivity index (χ1n) is 10.7. The number of hydrogen-bond acceptors (Lipinski definition) is 5. The van der Waals surface area contributed by atoms with Gasteiger partial charge in [-0.05, 0) is 42.7 Å². The summed E-state index contributed by atoms with van der Waals surface area (Å²) in [4.78, 5) is 20.9. The fourth-order valence-electron chi connectivity index (χ4n) is 3.93. The van der Waals surface area contributed by atoms with Crippen LogP contribution in [0.4, 0.5) is 24.9 Å². The van der Waals surface area contributed by atoms with Crippen molar-refractivity contribution in [1.82, 2.24) is 19.5 Å². The number of aromatic nitrogens is 3. The number of fused-ring (bicyclic) bond motifs is 1. The number of hydrogen-bond donors (Lipinski definition) is 1. The van der Waals surface area contributed by atoms with E-state index in [4.69, 9.17) is 0 Å². The van der Waals surface area contributed by atoms with Gasteiger partial charge >= 0.3 is 6.18 Å². The van der Waals surface area contributed by atoms with Crippen molar-refractivity contribution in [2.45, 2.75) is 25.6 Å². The van der Waals surface area contributed by atoms with Gasteiger partial charge in [0.1, 0.15) is 5.82 Å². The van der Waals surface area contributed by atoms with Gasteiger partial charge in [-0.2, -0.15) is 22.7 Å². The molecule has 1 saturated heterocycles. The quantitative estimate of drug-likeness (QED) is 0.653. The van der Waals surface area contributed by atoms with E-state index in [0.29, 0.717) is 18.1 Å². The molecule has 0 radical (unpaired) electrons. The summed E-state index contributed by atoms with van der Waals surface area (Å²) in [6.07, 6.45) is -2.48. The summed E-state index contributed by atoms with van der Waals surface area (Å²) in [5.74, 6) is 1.27. The fourth-order valence-corrected chi connectivity index (χ4v) is 3.93. The smallest absolute Gasteiger partial charge is 0.354 e. The topological polar surface area (TPSA) is 65.8 Å². The molecule has 0 spiro atoms. The van der Waals surface area contributed by atoms with Crippen LogP contribution in [0.2, 0.25) is 0 Å². The van der Waals surface area contributed by atoms with Crippen molar-refractivity contribution >= 4 is 23.3 Å². The molecule has 3 aromatic rings. The van der Waals surface area contributed by atoms with Crippen LogP contribution in [0, 0.1) is 5.92 Å². The van der Waals surface area contributed by atoms with E-state index in [2.05, 4.69) is 25.2 Å². The summed E-state index contributed by atoms with van der Waals surface area (Å²) in [6, 6.07) is 11.1. The zero-order valence-electron chi connectivity index (χ0n) is 17.3. The van der Waals surface area contributed by atoms with Crippen LogP contribution in [-0.2, 0) is 17.5 Å². The molecule has 7 nitrogen and oxygen atoms in total. The minimum Gasteiger partial charge on any atom is -0.354 e. The summed E-state index contributed by atoms with van der Waals surface area (Å²) in [6.45, 7) is 3.67. The van der Waals surface area contributed by atoms with Crippen LogP contribution >= 0.6 is 0 Å². The number of rotatable bonds is 5. The summed E-state index contributed by atoms with van der Waals surface area (Å²) >= 11 is 0. The molecule has 3 heterocycles. The standard InChI is InChI=1S/C22H23F3N6O/c23-22(24,25)17-8-4-15(5-9-17)14-29-10-12-30(13-11-29)19-3-1-2-18-26-21(28-31(18)19)27-20(32)16-6-7-16/h1-5,8-9,16H,6-7,10-14H2,(H,27,28,32). The number of piperazine rings is 1. The van der Waals surface area contributed by atoms with Crippen LogP contribution in [0.15, 0.2) is 42.5 Å². The molecule has 1 amide bonds. The van der Waals surface area contributed by atoms with Crippen LogP contribution in [0.3, 0.4) is 0 Å². The molecule has 5 rings (SSSR count).